The van der Waals surface area contributed by atoms with Gasteiger partial charge in [-0.05, 0) is 42.8 Å². The molecule has 4 nitrogen and oxygen atoms in total. The number of benzene rings is 2. The molecule has 0 unspecified atom stereocenters. The van der Waals surface area contributed by atoms with E-state index in [0.29, 0.717) is 10.6 Å². The first-order valence-electron chi connectivity index (χ1n) is 7.44. The molecule has 0 N–H and O–H groups in total. The average Bonchev–Trinajstić information content (AvgIpc) is 2.95. The summed E-state index contributed by atoms with van der Waals surface area (Å²) in [5.41, 5.74) is 3.01. The lowest BCUT2D eigenvalue weighted by molar-refractivity contribution is -0.141. The van der Waals surface area contributed by atoms with E-state index in [-0.39, 0.29) is 18.8 Å². The topological polar surface area (TPSA) is 56.5 Å². The number of ether oxygens (including phenoxy) is 1. The van der Waals surface area contributed by atoms with Gasteiger partial charge in [0.25, 0.3) is 0 Å². The molecule has 0 bridgehead atoms. The van der Waals surface area contributed by atoms with E-state index in [1.165, 1.54) is 0 Å². The van der Waals surface area contributed by atoms with Crippen LogP contribution in [0.5, 0.6) is 0 Å². The van der Waals surface area contributed by atoms with Gasteiger partial charge in [0.2, 0.25) is 0 Å². The van der Waals surface area contributed by atoms with Crippen LogP contribution in [0.1, 0.15) is 21.5 Å². The Kier molecular flexibility index (Phi) is 4.67. The third-order valence-corrected chi connectivity index (χ3v) is 3.93. The summed E-state index contributed by atoms with van der Waals surface area (Å²) in [7, 11) is 0. The van der Waals surface area contributed by atoms with Gasteiger partial charge >= 0.3 is 5.97 Å². The van der Waals surface area contributed by atoms with E-state index in [1.807, 2.05) is 25.1 Å². The van der Waals surface area contributed by atoms with Gasteiger partial charge in [-0.2, -0.15) is 0 Å². The number of aryl methyl sites for hydroxylation is 1. The van der Waals surface area contributed by atoms with Crippen molar-refractivity contribution in [2.75, 3.05) is 6.61 Å². The fourth-order valence-electron chi connectivity index (χ4n) is 2.40. The van der Waals surface area contributed by atoms with E-state index in [2.05, 4.69) is 0 Å². The highest BCUT2D eigenvalue weighted by Gasteiger charge is 2.14. The summed E-state index contributed by atoms with van der Waals surface area (Å²) >= 11 is 5.78. The van der Waals surface area contributed by atoms with Gasteiger partial charge in [0, 0.05) is 21.5 Å². The zero-order valence-corrected chi connectivity index (χ0v) is 13.8. The normalized spacial score (nSPS) is 10.8. The number of ketones is 1. The first-order chi connectivity index (χ1) is 11.5. The van der Waals surface area contributed by atoms with Gasteiger partial charge in [-0.25, -0.2) is 0 Å². The molecular formula is C19H15ClO4. The van der Waals surface area contributed by atoms with Crippen molar-refractivity contribution in [2.45, 2.75) is 13.3 Å². The first-order valence-corrected chi connectivity index (χ1v) is 7.82. The molecule has 3 aromatic rings. The van der Waals surface area contributed by atoms with Gasteiger partial charge in [0.05, 0.1) is 12.7 Å². The van der Waals surface area contributed by atoms with Crippen LogP contribution in [0, 0.1) is 6.92 Å². The molecule has 0 fully saturated rings. The van der Waals surface area contributed by atoms with Gasteiger partial charge in [0.15, 0.2) is 12.4 Å². The third kappa shape index (κ3) is 3.66. The smallest absolute Gasteiger partial charge is 0.310 e. The molecule has 0 spiro atoms. The molecule has 0 aliphatic carbocycles. The monoisotopic (exact) mass is 342 g/mol. The summed E-state index contributed by atoms with van der Waals surface area (Å²) in [6, 6.07) is 12.2. The van der Waals surface area contributed by atoms with E-state index < -0.39 is 5.97 Å². The maximum Gasteiger partial charge on any atom is 0.310 e. The zero-order valence-electron chi connectivity index (χ0n) is 13.0. The second kappa shape index (κ2) is 6.89. The molecule has 3 rings (SSSR count). The Balaban J connectivity index is 1.61. The lowest BCUT2D eigenvalue weighted by Crippen LogP contribution is -2.15. The second-order valence-electron chi connectivity index (χ2n) is 5.53. The highest BCUT2D eigenvalue weighted by atomic mass is 35.5. The molecule has 2 aromatic carbocycles. The van der Waals surface area contributed by atoms with Gasteiger partial charge in [-0.15, -0.1) is 0 Å². The molecule has 1 aromatic heterocycles. The SMILES string of the molecule is Cc1ccc2c(CC(=O)OCC(=O)c3ccc(Cl)cc3)coc2c1. The van der Waals surface area contributed by atoms with E-state index in [1.54, 1.807) is 30.5 Å². The van der Waals surface area contributed by atoms with Crippen molar-refractivity contribution in [3.05, 3.63) is 70.4 Å². The summed E-state index contributed by atoms with van der Waals surface area (Å²) < 4.78 is 10.5. The van der Waals surface area contributed by atoms with E-state index in [4.69, 9.17) is 20.8 Å². The van der Waals surface area contributed by atoms with Crippen LogP contribution in [0.15, 0.2) is 53.1 Å². The average molecular weight is 343 g/mol. The molecule has 0 aliphatic heterocycles. The van der Waals surface area contributed by atoms with Crippen molar-refractivity contribution in [2.24, 2.45) is 0 Å². The van der Waals surface area contributed by atoms with Gasteiger partial charge in [-0.3, -0.25) is 9.59 Å². The molecule has 0 atom stereocenters. The van der Waals surface area contributed by atoms with Crippen molar-refractivity contribution in [1.82, 2.24) is 0 Å². The second-order valence-corrected chi connectivity index (χ2v) is 5.96. The Morgan fingerprint density at radius 1 is 1.12 bits per heavy atom. The van der Waals surface area contributed by atoms with Gasteiger partial charge in [-0.1, -0.05) is 23.7 Å². The predicted molar refractivity (Wildman–Crippen MR) is 91.4 cm³/mol. The summed E-state index contributed by atoms with van der Waals surface area (Å²) in [4.78, 5) is 23.9. The Bertz CT molecular complexity index is 893. The van der Waals surface area contributed by atoms with Gasteiger partial charge in [0.1, 0.15) is 5.58 Å². The van der Waals surface area contributed by atoms with Crippen LogP contribution in [0.25, 0.3) is 11.0 Å². The highest BCUT2D eigenvalue weighted by molar-refractivity contribution is 6.30. The molecular weight excluding hydrogens is 328 g/mol. The highest BCUT2D eigenvalue weighted by Crippen LogP contribution is 2.23. The van der Waals surface area contributed by atoms with E-state index in [0.717, 1.165) is 22.1 Å². The molecule has 5 heteroatoms. The minimum absolute atomic E-state index is 0.0595. The van der Waals surface area contributed by atoms with Crippen molar-refractivity contribution in [1.29, 1.82) is 0 Å². The maximum absolute atomic E-state index is 12.0. The number of fused-ring (bicyclic) bond motifs is 1. The number of carbonyl (C=O) groups is 2. The minimum atomic E-state index is -0.472. The van der Waals surface area contributed by atoms with Crippen molar-refractivity contribution < 1.29 is 18.7 Å². The van der Waals surface area contributed by atoms with Crippen molar-refractivity contribution in [3.8, 4) is 0 Å². The quantitative estimate of drug-likeness (QED) is 0.510. The van der Waals surface area contributed by atoms with Gasteiger partial charge < -0.3 is 9.15 Å². The van der Waals surface area contributed by atoms with Crippen LogP contribution >= 0.6 is 11.6 Å². The molecule has 0 saturated carbocycles. The Labute approximate surface area is 144 Å². The number of hydrogen-bond acceptors (Lipinski definition) is 4. The molecule has 24 heavy (non-hydrogen) atoms. The predicted octanol–water partition coefficient (Wildman–Crippen LogP) is 4.36. The summed E-state index contributed by atoms with van der Waals surface area (Å²) in [5, 5.41) is 1.42. The standard InChI is InChI=1S/C19H15ClO4/c1-12-2-7-16-14(10-23-18(16)8-12)9-19(22)24-11-17(21)13-3-5-15(20)6-4-13/h2-8,10H,9,11H2,1H3. The van der Waals surface area contributed by atoms with E-state index in [9.17, 15) is 9.59 Å². The zero-order chi connectivity index (χ0) is 17.1. The number of Topliss-reactive ketones (excluding diaryl/α,β-unsaturated/α-hetero) is 1. The Morgan fingerprint density at radius 2 is 1.88 bits per heavy atom. The van der Waals surface area contributed by atoms with E-state index >= 15 is 0 Å². The largest absolute Gasteiger partial charge is 0.464 e. The molecule has 0 amide bonds. The fourth-order valence-corrected chi connectivity index (χ4v) is 2.53. The van der Waals surface area contributed by atoms with Crippen molar-refractivity contribution in [3.63, 3.8) is 0 Å². The van der Waals surface area contributed by atoms with Crippen LogP contribution in [0.2, 0.25) is 5.02 Å². The maximum atomic E-state index is 12.0. The number of hydrogen-bond donors (Lipinski definition) is 0. The van der Waals surface area contributed by atoms with Crippen LogP contribution in [-0.4, -0.2) is 18.4 Å². The summed E-state index contributed by atoms with van der Waals surface area (Å²) in [6.45, 7) is 1.67. The van der Waals surface area contributed by atoms with Crippen LogP contribution in [-0.2, 0) is 16.0 Å². The van der Waals surface area contributed by atoms with Crippen molar-refractivity contribution >= 4 is 34.3 Å². The number of halogens is 1. The fraction of sp³-hybridized carbons (Fsp3) is 0.158. The lowest BCUT2D eigenvalue weighted by atomic mass is 10.1. The molecule has 122 valence electrons. The number of furan rings is 1. The molecule has 0 aliphatic rings. The van der Waals surface area contributed by atoms with Crippen LogP contribution in [0.4, 0.5) is 0 Å². The van der Waals surface area contributed by atoms with Crippen LogP contribution < -0.4 is 0 Å². The molecule has 0 radical (unpaired) electrons. The molecule has 1 heterocycles. The first kappa shape index (κ1) is 16.3. The Morgan fingerprint density at radius 3 is 2.62 bits per heavy atom. The van der Waals surface area contributed by atoms with Crippen LogP contribution in [0.3, 0.4) is 0 Å². The number of esters is 1. The Hall–Kier alpha value is -2.59. The third-order valence-electron chi connectivity index (χ3n) is 3.68. The molecule has 0 saturated heterocycles. The summed E-state index contributed by atoms with van der Waals surface area (Å²) in [6.07, 6.45) is 1.61. The summed E-state index contributed by atoms with van der Waals surface area (Å²) in [5.74, 6) is -0.742. The number of carbonyl (C=O) groups excluding carboxylic acids is 2. The minimum Gasteiger partial charge on any atom is -0.464 e. The lowest BCUT2D eigenvalue weighted by Gasteiger charge is -2.04. The number of rotatable bonds is 5.